The molecule has 1 fully saturated rings. The molecule has 0 aromatic heterocycles. The van der Waals surface area contributed by atoms with E-state index in [0.717, 1.165) is 5.56 Å². The highest BCUT2D eigenvalue weighted by Crippen LogP contribution is 2.28. The van der Waals surface area contributed by atoms with Crippen LogP contribution in [0, 0.1) is 0 Å². The lowest BCUT2D eigenvalue weighted by Gasteiger charge is -2.10. The Morgan fingerprint density at radius 3 is 2.65 bits per heavy atom. The van der Waals surface area contributed by atoms with E-state index in [1.807, 2.05) is 42.3 Å². The zero-order chi connectivity index (χ0) is 12.3. The maximum atomic E-state index is 9.86. The third kappa shape index (κ3) is 3.04. The van der Waals surface area contributed by atoms with Crippen LogP contribution in [0.15, 0.2) is 30.3 Å². The van der Waals surface area contributed by atoms with Crippen LogP contribution in [0.4, 0.5) is 0 Å². The molecule has 94 valence electrons. The average molecular weight is 237 g/mol. The van der Waals surface area contributed by atoms with Crippen molar-refractivity contribution in [1.29, 1.82) is 0 Å². The van der Waals surface area contributed by atoms with Gasteiger partial charge in [-0.1, -0.05) is 30.3 Å². The quantitative estimate of drug-likeness (QED) is 0.696. The fourth-order valence-corrected chi connectivity index (χ4v) is 2.16. The second-order valence-electron chi connectivity index (χ2n) is 4.47. The van der Waals surface area contributed by atoms with Gasteiger partial charge in [0.25, 0.3) is 0 Å². The molecule has 0 bridgehead atoms. The predicted octanol–water partition coefficient (Wildman–Crippen LogP) is 0.239. The van der Waals surface area contributed by atoms with E-state index in [9.17, 15) is 5.11 Å². The summed E-state index contributed by atoms with van der Waals surface area (Å²) >= 11 is 0. The normalized spacial score (nSPS) is 29.0. The van der Waals surface area contributed by atoms with Gasteiger partial charge in [0.1, 0.15) is 0 Å². The largest absolute Gasteiger partial charge is 0.395 e. The summed E-state index contributed by atoms with van der Waals surface area (Å²) in [4.78, 5) is 1.95. The molecule has 1 heterocycles. The van der Waals surface area contributed by atoms with Gasteiger partial charge in [-0.15, -0.1) is 0 Å². The van der Waals surface area contributed by atoms with E-state index in [1.165, 1.54) is 0 Å². The molecule has 0 aliphatic carbocycles. The highest BCUT2D eigenvalue weighted by atomic mass is 16.5. The molecule has 1 aliphatic rings. The van der Waals surface area contributed by atoms with Gasteiger partial charge in [-0.25, -0.2) is 0 Å². The minimum Gasteiger partial charge on any atom is -0.395 e. The van der Waals surface area contributed by atoms with Crippen LogP contribution in [0.1, 0.15) is 5.56 Å². The lowest BCUT2D eigenvalue weighted by Crippen LogP contribution is -2.25. The lowest BCUT2D eigenvalue weighted by molar-refractivity contribution is 0.0223. The third-order valence-electron chi connectivity index (χ3n) is 3.28. The van der Waals surface area contributed by atoms with Gasteiger partial charge in [-0.3, -0.25) is 4.90 Å². The summed E-state index contributed by atoms with van der Waals surface area (Å²) in [5.41, 5.74) is 1.10. The van der Waals surface area contributed by atoms with Crippen molar-refractivity contribution in [3.8, 4) is 0 Å². The standard InChI is InChI=1S/C13H19NO3/c1-14-11(7-15)13(14)12(16)9-17-8-10-5-3-2-4-6-10/h2-6,11-13,15-16H,7-9H2,1H3/t11-,12+,13-,14?/m0/s1. The van der Waals surface area contributed by atoms with Crippen LogP contribution in [0.25, 0.3) is 0 Å². The number of nitrogens with zero attached hydrogens (tertiary/aromatic N) is 1. The van der Waals surface area contributed by atoms with Crippen LogP contribution in [0.2, 0.25) is 0 Å². The molecule has 1 aromatic rings. The molecule has 4 nitrogen and oxygen atoms in total. The molecule has 1 saturated heterocycles. The van der Waals surface area contributed by atoms with Gasteiger partial charge in [0.05, 0.1) is 38.0 Å². The van der Waals surface area contributed by atoms with Gasteiger partial charge >= 0.3 is 0 Å². The van der Waals surface area contributed by atoms with Crippen LogP contribution in [0.5, 0.6) is 0 Å². The number of hydrogen-bond acceptors (Lipinski definition) is 4. The summed E-state index contributed by atoms with van der Waals surface area (Å²) in [5, 5.41) is 18.9. The van der Waals surface area contributed by atoms with E-state index in [1.54, 1.807) is 0 Å². The average Bonchev–Trinajstić information content (AvgIpc) is 3.01. The molecule has 2 N–H and O–H groups in total. The molecular weight excluding hydrogens is 218 g/mol. The Labute approximate surface area is 101 Å². The number of likely N-dealkylation sites (N-methyl/N-ethyl adjacent to an activating group) is 1. The van der Waals surface area contributed by atoms with E-state index in [-0.39, 0.29) is 18.7 Å². The summed E-state index contributed by atoms with van der Waals surface area (Å²) in [6.07, 6.45) is -0.527. The molecule has 0 spiro atoms. The summed E-state index contributed by atoms with van der Waals surface area (Å²) in [5.74, 6) is 0. The number of hydrogen-bond donors (Lipinski definition) is 2. The van der Waals surface area contributed by atoms with E-state index in [2.05, 4.69) is 0 Å². The van der Waals surface area contributed by atoms with Crippen LogP contribution in [-0.2, 0) is 11.3 Å². The second-order valence-corrected chi connectivity index (χ2v) is 4.47. The summed E-state index contributed by atoms with van der Waals surface area (Å²) < 4.78 is 5.47. The number of ether oxygens (including phenoxy) is 1. The van der Waals surface area contributed by atoms with Crippen molar-refractivity contribution in [2.45, 2.75) is 24.8 Å². The highest BCUT2D eigenvalue weighted by Gasteiger charge is 2.48. The number of aliphatic hydroxyl groups excluding tert-OH is 2. The second kappa shape index (κ2) is 5.60. The third-order valence-corrected chi connectivity index (χ3v) is 3.28. The maximum absolute atomic E-state index is 9.86. The minimum atomic E-state index is -0.527. The molecule has 4 heteroatoms. The first-order valence-corrected chi connectivity index (χ1v) is 5.86. The Bertz CT molecular complexity index is 344. The molecule has 17 heavy (non-hydrogen) atoms. The van der Waals surface area contributed by atoms with Crippen molar-refractivity contribution < 1.29 is 14.9 Å². The van der Waals surface area contributed by atoms with E-state index in [0.29, 0.717) is 13.2 Å². The van der Waals surface area contributed by atoms with Gasteiger partial charge in [0.15, 0.2) is 0 Å². The molecule has 1 aliphatic heterocycles. The smallest absolute Gasteiger partial charge is 0.0944 e. The summed E-state index contributed by atoms with van der Waals surface area (Å²) in [6.45, 7) is 0.912. The zero-order valence-electron chi connectivity index (χ0n) is 9.99. The molecule has 0 amide bonds. The molecular formula is C13H19NO3. The van der Waals surface area contributed by atoms with Crippen molar-refractivity contribution in [2.75, 3.05) is 20.3 Å². The van der Waals surface area contributed by atoms with Crippen molar-refractivity contribution in [3.63, 3.8) is 0 Å². The molecule has 0 radical (unpaired) electrons. The molecule has 0 saturated carbocycles. The van der Waals surface area contributed by atoms with Crippen LogP contribution in [-0.4, -0.2) is 53.6 Å². The fraction of sp³-hybridized carbons (Fsp3) is 0.538. The van der Waals surface area contributed by atoms with E-state index < -0.39 is 6.10 Å². The number of rotatable bonds is 6. The Balaban J connectivity index is 1.69. The first kappa shape index (κ1) is 12.5. The first-order valence-electron chi connectivity index (χ1n) is 5.86. The van der Waals surface area contributed by atoms with E-state index >= 15 is 0 Å². The maximum Gasteiger partial charge on any atom is 0.0944 e. The molecule has 1 aromatic carbocycles. The zero-order valence-corrected chi connectivity index (χ0v) is 9.99. The predicted molar refractivity (Wildman–Crippen MR) is 64.5 cm³/mol. The van der Waals surface area contributed by atoms with Gasteiger partial charge in [-0.05, 0) is 12.6 Å². The molecule has 1 unspecified atom stereocenters. The molecule has 4 atom stereocenters. The minimum absolute atomic E-state index is 0.0378. The van der Waals surface area contributed by atoms with Crippen LogP contribution in [0.3, 0.4) is 0 Å². The van der Waals surface area contributed by atoms with Gasteiger partial charge in [0, 0.05) is 0 Å². The topological polar surface area (TPSA) is 52.7 Å². The monoisotopic (exact) mass is 237 g/mol. The Kier molecular flexibility index (Phi) is 4.12. The summed E-state index contributed by atoms with van der Waals surface area (Å²) in [6, 6.07) is 10.00. The van der Waals surface area contributed by atoms with E-state index in [4.69, 9.17) is 9.84 Å². The van der Waals surface area contributed by atoms with Gasteiger partial charge < -0.3 is 14.9 Å². The van der Waals surface area contributed by atoms with Gasteiger partial charge in [0.2, 0.25) is 0 Å². The fourth-order valence-electron chi connectivity index (χ4n) is 2.16. The highest BCUT2D eigenvalue weighted by molar-refractivity contribution is 5.13. The Hall–Kier alpha value is -0.940. The van der Waals surface area contributed by atoms with Crippen molar-refractivity contribution in [2.24, 2.45) is 0 Å². The Morgan fingerprint density at radius 1 is 1.35 bits per heavy atom. The Morgan fingerprint density at radius 2 is 2.06 bits per heavy atom. The van der Waals surface area contributed by atoms with Crippen molar-refractivity contribution >= 4 is 0 Å². The summed E-state index contributed by atoms with van der Waals surface area (Å²) in [7, 11) is 1.89. The lowest BCUT2D eigenvalue weighted by atomic mass is 10.2. The van der Waals surface area contributed by atoms with Crippen LogP contribution < -0.4 is 0 Å². The molecule has 2 rings (SSSR count). The SMILES string of the molecule is CN1[C@H]([C@H](O)COCc2ccccc2)[C@@H]1CO. The van der Waals surface area contributed by atoms with Gasteiger partial charge in [-0.2, -0.15) is 0 Å². The number of aliphatic hydroxyl groups is 2. The first-order chi connectivity index (χ1) is 8.24. The number of benzene rings is 1. The van der Waals surface area contributed by atoms with Crippen LogP contribution >= 0.6 is 0 Å². The van der Waals surface area contributed by atoms with Crippen molar-refractivity contribution in [3.05, 3.63) is 35.9 Å². The van der Waals surface area contributed by atoms with Crippen molar-refractivity contribution in [1.82, 2.24) is 4.90 Å².